The zero-order valence-corrected chi connectivity index (χ0v) is 11.6. The molecule has 0 aromatic heterocycles. The van der Waals surface area contributed by atoms with Crippen LogP contribution in [-0.4, -0.2) is 49.4 Å². The van der Waals surface area contributed by atoms with E-state index in [9.17, 15) is 9.59 Å². The van der Waals surface area contributed by atoms with Crippen molar-refractivity contribution in [1.82, 2.24) is 15.5 Å². The topological polar surface area (TPSA) is 61.4 Å². The number of nitrogens with zero attached hydrogens (tertiary/aromatic N) is 1. The molecule has 2 N–H and O–H groups in total. The van der Waals surface area contributed by atoms with E-state index < -0.39 is 0 Å². The molecule has 1 aliphatic carbocycles. The maximum absolute atomic E-state index is 12.0. The second-order valence-electron chi connectivity index (χ2n) is 4.93. The standard InChI is InChI=1S/C12H21N3O2.ClH/c1-13-12(17)10-3-2-6-15(10)11(16)8-14-7-9-4-5-9;/h9-10,14H,2-8H2,1H3,(H,13,17);1H. The number of nitrogens with one attached hydrogen (secondary N) is 2. The van der Waals surface area contributed by atoms with Crippen LogP contribution >= 0.6 is 12.4 Å². The fourth-order valence-corrected chi connectivity index (χ4v) is 2.31. The van der Waals surface area contributed by atoms with Crippen molar-refractivity contribution in [2.24, 2.45) is 5.92 Å². The minimum Gasteiger partial charge on any atom is -0.357 e. The van der Waals surface area contributed by atoms with Gasteiger partial charge in [-0.3, -0.25) is 9.59 Å². The van der Waals surface area contributed by atoms with Crippen LogP contribution in [0.1, 0.15) is 25.7 Å². The van der Waals surface area contributed by atoms with Crippen LogP contribution in [-0.2, 0) is 9.59 Å². The number of hydrogen-bond acceptors (Lipinski definition) is 3. The van der Waals surface area contributed by atoms with Gasteiger partial charge < -0.3 is 15.5 Å². The van der Waals surface area contributed by atoms with E-state index in [1.54, 1.807) is 11.9 Å². The van der Waals surface area contributed by atoms with Crippen molar-refractivity contribution in [3.05, 3.63) is 0 Å². The molecule has 1 unspecified atom stereocenters. The largest absolute Gasteiger partial charge is 0.357 e. The molecule has 2 amide bonds. The Morgan fingerprint density at radius 1 is 1.28 bits per heavy atom. The molecule has 0 bridgehead atoms. The Bertz CT molecular complexity index is 308. The quantitative estimate of drug-likeness (QED) is 0.751. The van der Waals surface area contributed by atoms with Gasteiger partial charge in [0.2, 0.25) is 11.8 Å². The molecule has 1 aliphatic heterocycles. The van der Waals surface area contributed by atoms with Gasteiger partial charge >= 0.3 is 0 Å². The van der Waals surface area contributed by atoms with Gasteiger partial charge in [0, 0.05) is 13.6 Å². The molecule has 1 saturated heterocycles. The number of likely N-dealkylation sites (tertiary alicyclic amines) is 1. The van der Waals surface area contributed by atoms with Crippen LogP contribution in [0, 0.1) is 5.92 Å². The summed E-state index contributed by atoms with van der Waals surface area (Å²) in [6.45, 7) is 2.01. The summed E-state index contributed by atoms with van der Waals surface area (Å²) in [5, 5.41) is 5.80. The minimum atomic E-state index is -0.254. The average Bonchev–Trinajstić information content (AvgIpc) is 3.02. The van der Waals surface area contributed by atoms with Crippen molar-refractivity contribution >= 4 is 24.2 Å². The summed E-state index contributed by atoms with van der Waals surface area (Å²) in [5.41, 5.74) is 0. The Morgan fingerprint density at radius 2 is 2.00 bits per heavy atom. The van der Waals surface area contributed by atoms with Gasteiger partial charge in [-0.2, -0.15) is 0 Å². The van der Waals surface area contributed by atoms with Crippen molar-refractivity contribution in [1.29, 1.82) is 0 Å². The predicted molar refractivity (Wildman–Crippen MR) is 71.6 cm³/mol. The summed E-state index contributed by atoms with van der Waals surface area (Å²) < 4.78 is 0. The van der Waals surface area contributed by atoms with Gasteiger partial charge in [-0.05, 0) is 38.1 Å². The van der Waals surface area contributed by atoms with Gasteiger partial charge in [0.1, 0.15) is 6.04 Å². The molecule has 0 spiro atoms. The van der Waals surface area contributed by atoms with Crippen LogP contribution in [0.4, 0.5) is 0 Å². The third-order valence-corrected chi connectivity index (χ3v) is 3.53. The van der Waals surface area contributed by atoms with E-state index in [0.29, 0.717) is 13.1 Å². The lowest BCUT2D eigenvalue weighted by Crippen LogP contribution is -2.47. The number of carbonyl (C=O) groups excluding carboxylic acids is 2. The molecule has 2 fully saturated rings. The first-order chi connectivity index (χ1) is 8.22. The molecule has 0 aromatic rings. The first kappa shape index (κ1) is 15.2. The Kier molecular flexibility index (Phi) is 5.88. The molecule has 104 valence electrons. The summed E-state index contributed by atoms with van der Waals surface area (Å²) in [5.74, 6) is 0.783. The number of amides is 2. The number of carbonyl (C=O) groups is 2. The Labute approximate surface area is 114 Å². The smallest absolute Gasteiger partial charge is 0.242 e. The van der Waals surface area contributed by atoms with Gasteiger partial charge in [-0.1, -0.05) is 0 Å². The van der Waals surface area contributed by atoms with Crippen LogP contribution < -0.4 is 10.6 Å². The van der Waals surface area contributed by atoms with E-state index in [4.69, 9.17) is 0 Å². The van der Waals surface area contributed by atoms with E-state index in [0.717, 1.165) is 25.3 Å². The maximum atomic E-state index is 12.0. The third kappa shape index (κ3) is 3.85. The second-order valence-corrected chi connectivity index (χ2v) is 4.93. The van der Waals surface area contributed by atoms with Crippen molar-refractivity contribution in [2.75, 3.05) is 26.7 Å². The van der Waals surface area contributed by atoms with Gasteiger partial charge in [0.15, 0.2) is 0 Å². The zero-order valence-electron chi connectivity index (χ0n) is 10.8. The summed E-state index contributed by atoms with van der Waals surface area (Å²) in [4.78, 5) is 25.3. The maximum Gasteiger partial charge on any atom is 0.242 e. The minimum absolute atomic E-state index is 0. The molecule has 0 radical (unpaired) electrons. The molecule has 18 heavy (non-hydrogen) atoms. The lowest BCUT2D eigenvalue weighted by molar-refractivity contribution is -0.137. The molecule has 0 aromatic carbocycles. The summed E-state index contributed by atoms with van der Waals surface area (Å²) in [6, 6.07) is -0.254. The van der Waals surface area contributed by atoms with E-state index in [1.165, 1.54) is 12.8 Å². The van der Waals surface area contributed by atoms with Crippen LogP contribution in [0.3, 0.4) is 0 Å². The SMILES string of the molecule is CNC(=O)C1CCCN1C(=O)CNCC1CC1.Cl. The second kappa shape index (κ2) is 6.95. The highest BCUT2D eigenvalue weighted by Gasteiger charge is 2.33. The van der Waals surface area contributed by atoms with Crippen LogP contribution in [0.25, 0.3) is 0 Å². The summed E-state index contributed by atoms with van der Waals surface area (Å²) in [7, 11) is 1.62. The van der Waals surface area contributed by atoms with Crippen molar-refractivity contribution in [2.45, 2.75) is 31.7 Å². The van der Waals surface area contributed by atoms with E-state index in [2.05, 4.69) is 10.6 Å². The molecule has 1 heterocycles. The van der Waals surface area contributed by atoms with Crippen molar-refractivity contribution in [3.8, 4) is 0 Å². The zero-order chi connectivity index (χ0) is 12.3. The first-order valence-corrected chi connectivity index (χ1v) is 6.44. The average molecular weight is 276 g/mol. The molecular weight excluding hydrogens is 254 g/mol. The monoisotopic (exact) mass is 275 g/mol. The summed E-state index contributed by atoms with van der Waals surface area (Å²) >= 11 is 0. The first-order valence-electron chi connectivity index (χ1n) is 6.44. The predicted octanol–water partition coefficient (Wildman–Crippen LogP) is 0.145. The molecular formula is C12H22ClN3O2. The van der Waals surface area contributed by atoms with Crippen LogP contribution in [0.15, 0.2) is 0 Å². The molecule has 1 saturated carbocycles. The fourth-order valence-electron chi connectivity index (χ4n) is 2.31. The van der Waals surface area contributed by atoms with Crippen LogP contribution in [0.5, 0.6) is 0 Å². The van der Waals surface area contributed by atoms with Crippen molar-refractivity contribution in [3.63, 3.8) is 0 Å². The molecule has 2 aliphatic rings. The molecule has 1 atom stereocenters. The number of likely N-dealkylation sites (N-methyl/N-ethyl adjacent to an activating group) is 1. The summed E-state index contributed by atoms with van der Waals surface area (Å²) in [6.07, 6.45) is 4.28. The Balaban J connectivity index is 0.00000162. The molecule has 2 rings (SSSR count). The van der Waals surface area contributed by atoms with E-state index in [-0.39, 0.29) is 30.3 Å². The van der Waals surface area contributed by atoms with Gasteiger partial charge in [-0.15, -0.1) is 12.4 Å². The fraction of sp³-hybridized carbons (Fsp3) is 0.833. The Morgan fingerprint density at radius 3 is 2.61 bits per heavy atom. The molecule has 6 heteroatoms. The highest BCUT2D eigenvalue weighted by molar-refractivity contribution is 5.88. The highest BCUT2D eigenvalue weighted by Crippen LogP contribution is 2.27. The van der Waals surface area contributed by atoms with Gasteiger partial charge in [0.25, 0.3) is 0 Å². The van der Waals surface area contributed by atoms with E-state index in [1.807, 2.05) is 0 Å². The number of rotatable bonds is 5. The highest BCUT2D eigenvalue weighted by atomic mass is 35.5. The normalized spacial score (nSPS) is 22.5. The number of halogens is 1. The van der Waals surface area contributed by atoms with Gasteiger partial charge in [-0.25, -0.2) is 0 Å². The Hall–Kier alpha value is -0.810. The van der Waals surface area contributed by atoms with Crippen molar-refractivity contribution < 1.29 is 9.59 Å². The van der Waals surface area contributed by atoms with Gasteiger partial charge in [0.05, 0.1) is 6.54 Å². The molecule has 5 nitrogen and oxygen atoms in total. The lowest BCUT2D eigenvalue weighted by atomic mass is 10.2. The lowest BCUT2D eigenvalue weighted by Gasteiger charge is -2.23. The third-order valence-electron chi connectivity index (χ3n) is 3.53. The van der Waals surface area contributed by atoms with Crippen LogP contribution in [0.2, 0.25) is 0 Å². The van der Waals surface area contributed by atoms with E-state index >= 15 is 0 Å². The number of hydrogen-bond donors (Lipinski definition) is 2.